The number of amides is 1. The minimum atomic E-state index is -0.235. The molecule has 10 nitrogen and oxygen atoms in total. The lowest BCUT2D eigenvalue weighted by Crippen LogP contribution is -2.48. The van der Waals surface area contributed by atoms with Gasteiger partial charge in [-0.1, -0.05) is 34.1 Å². The molecule has 0 saturated carbocycles. The van der Waals surface area contributed by atoms with Crippen LogP contribution in [0.1, 0.15) is 12.3 Å². The Balaban J connectivity index is 1.12. The summed E-state index contributed by atoms with van der Waals surface area (Å²) in [4.78, 5) is 33.7. The number of aryl methyl sites for hydroxylation is 1. The average molecular weight is 480 g/mol. The molecule has 0 atom stereocenters. The SMILES string of the molecule is O=C(CCn1nnc2ccccc2c1=O)N1CCN(Cc2nc(-c3ccc(Cl)cc3)no2)CC1. The fourth-order valence-electron chi connectivity index (χ4n) is 3.91. The Morgan fingerprint density at radius 1 is 1.03 bits per heavy atom. The molecule has 5 rings (SSSR count). The summed E-state index contributed by atoms with van der Waals surface area (Å²) in [7, 11) is 0. The highest BCUT2D eigenvalue weighted by Crippen LogP contribution is 2.19. The zero-order valence-corrected chi connectivity index (χ0v) is 19.1. The summed E-state index contributed by atoms with van der Waals surface area (Å²) in [6.07, 6.45) is 0.195. The highest BCUT2D eigenvalue weighted by molar-refractivity contribution is 6.30. The minimum Gasteiger partial charge on any atom is -0.340 e. The second-order valence-electron chi connectivity index (χ2n) is 8.06. The van der Waals surface area contributed by atoms with Crippen molar-refractivity contribution >= 4 is 28.4 Å². The zero-order valence-electron chi connectivity index (χ0n) is 18.3. The van der Waals surface area contributed by atoms with Crippen molar-refractivity contribution in [3.8, 4) is 11.4 Å². The van der Waals surface area contributed by atoms with Crippen molar-refractivity contribution in [3.63, 3.8) is 0 Å². The number of benzene rings is 2. The fraction of sp³-hybridized carbons (Fsp3) is 0.304. The molecule has 174 valence electrons. The second-order valence-corrected chi connectivity index (χ2v) is 8.50. The number of fused-ring (bicyclic) bond motifs is 1. The van der Waals surface area contributed by atoms with Crippen LogP contribution in [0.2, 0.25) is 5.02 Å². The first kappa shape index (κ1) is 22.2. The normalized spacial score (nSPS) is 14.6. The van der Waals surface area contributed by atoms with Gasteiger partial charge in [0.05, 0.1) is 18.5 Å². The third-order valence-electron chi connectivity index (χ3n) is 5.82. The Hall–Kier alpha value is -3.63. The molecule has 0 aliphatic carbocycles. The molecule has 1 amide bonds. The summed E-state index contributed by atoms with van der Waals surface area (Å²) in [5.74, 6) is 1.04. The first-order valence-electron chi connectivity index (χ1n) is 11.0. The van der Waals surface area contributed by atoms with Crippen molar-refractivity contribution in [2.24, 2.45) is 0 Å². The number of carbonyl (C=O) groups excluding carboxylic acids is 1. The molecule has 2 aromatic heterocycles. The average Bonchev–Trinajstić information content (AvgIpc) is 3.33. The molecule has 3 heterocycles. The van der Waals surface area contributed by atoms with Crippen LogP contribution in [0.15, 0.2) is 57.8 Å². The van der Waals surface area contributed by atoms with Crippen LogP contribution in [0, 0.1) is 0 Å². The van der Waals surface area contributed by atoms with Crippen molar-refractivity contribution in [1.29, 1.82) is 0 Å². The summed E-state index contributed by atoms with van der Waals surface area (Å²) < 4.78 is 6.65. The largest absolute Gasteiger partial charge is 0.340 e. The van der Waals surface area contributed by atoms with Crippen LogP contribution in [-0.2, 0) is 17.9 Å². The van der Waals surface area contributed by atoms with Gasteiger partial charge in [0.1, 0.15) is 5.52 Å². The molecule has 4 aromatic rings. The van der Waals surface area contributed by atoms with Crippen LogP contribution < -0.4 is 5.56 Å². The van der Waals surface area contributed by atoms with Gasteiger partial charge in [-0.3, -0.25) is 14.5 Å². The maximum atomic E-state index is 12.7. The van der Waals surface area contributed by atoms with E-state index in [1.807, 2.05) is 17.0 Å². The summed E-state index contributed by atoms with van der Waals surface area (Å²) in [5, 5.41) is 13.2. The fourth-order valence-corrected chi connectivity index (χ4v) is 4.04. The van der Waals surface area contributed by atoms with Crippen LogP contribution in [-0.4, -0.2) is 67.0 Å². The Labute approximate surface area is 199 Å². The predicted molar refractivity (Wildman–Crippen MR) is 125 cm³/mol. The molecule has 34 heavy (non-hydrogen) atoms. The molecule has 0 bridgehead atoms. The van der Waals surface area contributed by atoms with Gasteiger partial charge in [-0.05, 0) is 36.4 Å². The third-order valence-corrected chi connectivity index (χ3v) is 6.07. The van der Waals surface area contributed by atoms with Crippen LogP contribution in [0.4, 0.5) is 0 Å². The van der Waals surface area contributed by atoms with E-state index < -0.39 is 0 Å². The van der Waals surface area contributed by atoms with Gasteiger partial charge in [0.2, 0.25) is 17.6 Å². The number of carbonyl (C=O) groups is 1. The molecule has 1 fully saturated rings. The lowest BCUT2D eigenvalue weighted by Gasteiger charge is -2.34. The monoisotopic (exact) mass is 479 g/mol. The van der Waals surface area contributed by atoms with E-state index in [9.17, 15) is 9.59 Å². The maximum Gasteiger partial charge on any atom is 0.277 e. The molecule has 1 aliphatic rings. The van der Waals surface area contributed by atoms with Gasteiger partial charge < -0.3 is 9.42 Å². The maximum absolute atomic E-state index is 12.7. The van der Waals surface area contributed by atoms with Crippen LogP contribution >= 0.6 is 11.6 Å². The zero-order chi connectivity index (χ0) is 23.5. The molecule has 1 saturated heterocycles. The van der Waals surface area contributed by atoms with E-state index in [1.165, 1.54) is 4.68 Å². The van der Waals surface area contributed by atoms with Crippen molar-refractivity contribution in [2.75, 3.05) is 26.2 Å². The third kappa shape index (κ3) is 4.82. The Bertz CT molecular complexity index is 1360. The number of nitrogens with zero attached hydrogens (tertiary/aromatic N) is 7. The Morgan fingerprint density at radius 3 is 2.59 bits per heavy atom. The molecule has 0 spiro atoms. The van der Waals surface area contributed by atoms with E-state index in [1.54, 1.807) is 36.4 Å². The molecule has 11 heteroatoms. The lowest BCUT2D eigenvalue weighted by atomic mass is 10.2. The van der Waals surface area contributed by atoms with E-state index in [-0.39, 0.29) is 24.4 Å². The molecule has 0 radical (unpaired) electrons. The highest BCUT2D eigenvalue weighted by atomic mass is 35.5. The summed E-state index contributed by atoms with van der Waals surface area (Å²) in [5.41, 5.74) is 1.15. The molecular formula is C23H22ClN7O3. The number of halogens is 1. The van der Waals surface area contributed by atoms with Crippen molar-refractivity contribution in [3.05, 3.63) is 69.8 Å². The summed E-state index contributed by atoms with van der Waals surface area (Å²) >= 11 is 5.93. The van der Waals surface area contributed by atoms with Gasteiger partial charge in [-0.25, -0.2) is 4.68 Å². The second kappa shape index (κ2) is 9.70. The first-order chi connectivity index (χ1) is 16.6. The van der Waals surface area contributed by atoms with E-state index in [0.717, 1.165) is 5.56 Å². The van der Waals surface area contributed by atoms with E-state index in [0.29, 0.717) is 60.4 Å². The molecule has 0 unspecified atom stereocenters. The van der Waals surface area contributed by atoms with Gasteiger partial charge in [0, 0.05) is 43.2 Å². The summed E-state index contributed by atoms with van der Waals surface area (Å²) in [6, 6.07) is 14.3. The first-order valence-corrected chi connectivity index (χ1v) is 11.4. The number of rotatable bonds is 6. The quantitative estimate of drug-likeness (QED) is 0.414. The van der Waals surface area contributed by atoms with Crippen molar-refractivity contribution in [2.45, 2.75) is 19.5 Å². The van der Waals surface area contributed by atoms with Crippen LogP contribution in [0.5, 0.6) is 0 Å². The molecule has 2 aromatic carbocycles. The highest BCUT2D eigenvalue weighted by Gasteiger charge is 2.23. The van der Waals surface area contributed by atoms with Gasteiger partial charge in [0.15, 0.2) is 0 Å². The van der Waals surface area contributed by atoms with E-state index >= 15 is 0 Å². The molecular weight excluding hydrogens is 458 g/mol. The minimum absolute atomic E-state index is 0.00989. The standard InChI is InChI=1S/C23H22ClN7O3/c24-17-7-5-16(6-8-17)22-25-20(34-27-22)15-29-11-13-30(14-12-29)21(32)9-10-31-23(33)18-3-1-2-4-19(18)26-28-31/h1-8H,9-15H2. The van der Waals surface area contributed by atoms with Gasteiger partial charge in [-0.2, -0.15) is 4.98 Å². The molecule has 1 aliphatic heterocycles. The number of aromatic nitrogens is 5. The van der Waals surface area contributed by atoms with Gasteiger partial charge in [0.25, 0.3) is 5.56 Å². The van der Waals surface area contributed by atoms with E-state index in [2.05, 4.69) is 25.4 Å². The number of hydrogen-bond donors (Lipinski definition) is 0. The van der Waals surface area contributed by atoms with Gasteiger partial charge >= 0.3 is 0 Å². The van der Waals surface area contributed by atoms with Crippen molar-refractivity contribution in [1.82, 2.24) is 34.9 Å². The Kier molecular flexibility index (Phi) is 6.33. The van der Waals surface area contributed by atoms with Crippen molar-refractivity contribution < 1.29 is 9.32 Å². The topological polar surface area (TPSA) is 110 Å². The smallest absolute Gasteiger partial charge is 0.277 e. The predicted octanol–water partition coefficient (Wildman–Crippen LogP) is 2.23. The summed E-state index contributed by atoms with van der Waals surface area (Å²) in [6.45, 7) is 3.29. The number of hydrogen-bond acceptors (Lipinski definition) is 8. The van der Waals surface area contributed by atoms with Gasteiger partial charge in [-0.15, -0.1) is 5.10 Å². The van der Waals surface area contributed by atoms with Crippen LogP contribution in [0.25, 0.3) is 22.3 Å². The van der Waals surface area contributed by atoms with E-state index in [4.69, 9.17) is 16.1 Å². The molecule has 0 N–H and O–H groups in total. The number of piperazine rings is 1. The lowest BCUT2D eigenvalue weighted by molar-refractivity contribution is -0.133. The Morgan fingerprint density at radius 2 is 1.79 bits per heavy atom. The van der Waals surface area contributed by atoms with Crippen LogP contribution in [0.3, 0.4) is 0 Å².